The van der Waals surface area contributed by atoms with Crippen molar-refractivity contribution in [2.45, 2.75) is 20.1 Å². The molecule has 8 heteroatoms. The first-order chi connectivity index (χ1) is 14.0. The van der Waals surface area contributed by atoms with E-state index in [2.05, 4.69) is 15.3 Å². The molecule has 1 amide bonds. The largest absolute Gasteiger partial charge is 0.486 e. The predicted octanol–water partition coefficient (Wildman–Crippen LogP) is 4.61. The number of carbonyl (C=O) groups is 1. The summed E-state index contributed by atoms with van der Waals surface area (Å²) in [5, 5.41) is 3.94. The number of amides is 1. The number of ether oxygens (including phenoxy) is 2. The van der Waals surface area contributed by atoms with Crippen LogP contribution in [0.2, 0.25) is 0 Å². The summed E-state index contributed by atoms with van der Waals surface area (Å²) >= 11 is 0. The van der Waals surface area contributed by atoms with Crippen molar-refractivity contribution in [3.05, 3.63) is 83.8 Å². The average Bonchev–Trinajstić information content (AvgIpc) is 3.20. The molecule has 0 aliphatic rings. The van der Waals surface area contributed by atoms with E-state index in [9.17, 15) is 13.6 Å². The summed E-state index contributed by atoms with van der Waals surface area (Å²) in [6, 6.07) is 18.5. The van der Waals surface area contributed by atoms with Crippen molar-refractivity contribution in [1.29, 1.82) is 0 Å². The Bertz CT molecular complexity index is 987. The molecule has 0 saturated carbocycles. The SMILES string of the molecule is C/C(=N/NC(=O)c1ccc(COc2ccccc2)o1)c1ccccc1OC(F)F. The standard InChI is InChI=1S/C21H18F2N2O4/c1-14(17-9-5-6-10-18(17)29-21(22)23)24-25-20(26)19-12-11-16(28-19)13-27-15-7-3-2-4-8-15/h2-12,21H,13H2,1H3,(H,25,26)/b24-14-. The highest BCUT2D eigenvalue weighted by Crippen LogP contribution is 2.21. The fourth-order valence-electron chi connectivity index (χ4n) is 2.46. The lowest BCUT2D eigenvalue weighted by Crippen LogP contribution is -2.19. The molecule has 0 bridgehead atoms. The van der Waals surface area contributed by atoms with Crippen LogP contribution < -0.4 is 14.9 Å². The molecule has 6 nitrogen and oxygen atoms in total. The lowest BCUT2D eigenvalue weighted by molar-refractivity contribution is -0.0499. The van der Waals surface area contributed by atoms with E-state index in [-0.39, 0.29) is 18.1 Å². The second kappa shape index (κ2) is 9.50. The second-order valence-corrected chi connectivity index (χ2v) is 5.88. The van der Waals surface area contributed by atoms with Gasteiger partial charge in [0.25, 0.3) is 0 Å². The summed E-state index contributed by atoms with van der Waals surface area (Å²) in [4.78, 5) is 12.2. The van der Waals surface area contributed by atoms with Gasteiger partial charge >= 0.3 is 12.5 Å². The van der Waals surface area contributed by atoms with Gasteiger partial charge in [0.1, 0.15) is 23.9 Å². The molecular weight excluding hydrogens is 382 g/mol. The van der Waals surface area contributed by atoms with Crippen molar-refractivity contribution < 1.29 is 27.5 Å². The Morgan fingerprint density at radius 3 is 2.55 bits per heavy atom. The van der Waals surface area contributed by atoms with Crippen molar-refractivity contribution in [2.75, 3.05) is 0 Å². The van der Waals surface area contributed by atoms with Crippen LogP contribution in [0.25, 0.3) is 0 Å². The lowest BCUT2D eigenvalue weighted by Gasteiger charge is -2.10. The third-order valence-electron chi connectivity index (χ3n) is 3.83. The Kier molecular flexibility index (Phi) is 6.57. The van der Waals surface area contributed by atoms with Crippen LogP contribution in [0.4, 0.5) is 8.78 Å². The number of halogens is 2. The molecule has 29 heavy (non-hydrogen) atoms. The zero-order valence-electron chi connectivity index (χ0n) is 15.5. The molecule has 3 rings (SSSR count). The highest BCUT2D eigenvalue weighted by Gasteiger charge is 2.14. The van der Waals surface area contributed by atoms with Gasteiger partial charge in [0.2, 0.25) is 0 Å². The van der Waals surface area contributed by atoms with Crippen molar-refractivity contribution in [3.63, 3.8) is 0 Å². The lowest BCUT2D eigenvalue weighted by atomic mass is 10.1. The van der Waals surface area contributed by atoms with Crippen LogP contribution in [-0.4, -0.2) is 18.2 Å². The first-order valence-corrected chi connectivity index (χ1v) is 8.68. The first-order valence-electron chi connectivity index (χ1n) is 8.68. The molecule has 3 aromatic rings. The van der Waals surface area contributed by atoms with Gasteiger partial charge in [-0.3, -0.25) is 4.79 Å². The molecule has 0 unspecified atom stereocenters. The van der Waals surface area contributed by atoms with Crippen LogP contribution in [0.15, 0.2) is 76.2 Å². The maximum atomic E-state index is 12.5. The highest BCUT2D eigenvalue weighted by molar-refractivity contribution is 6.02. The number of hydrogen-bond donors (Lipinski definition) is 1. The van der Waals surface area contributed by atoms with Gasteiger partial charge in [0.15, 0.2) is 5.76 Å². The van der Waals surface area contributed by atoms with Gasteiger partial charge in [-0.2, -0.15) is 13.9 Å². The van der Waals surface area contributed by atoms with E-state index >= 15 is 0 Å². The highest BCUT2D eigenvalue weighted by atomic mass is 19.3. The third-order valence-corrected chi connectivity index (χ3v) is 3.83. The van der Waals surface area contributed by atoms with Gasteiger partial charge in [0.05, 0.1) is 5.71 Å². The minimum atomic E-state index is -2.96. The smallest absolute Gasteiger partial charge is 0.387 e. The molecule has 1 aromatic heterocycles. The number of para-hydroxylation sites is 2. The molecule has 1 heterocycles. The summed E-state index contributed by atoms with van der Waals surface area (Å²) in [7, 11) is 0. The maximum Gasteiger partial charge on any atom is 0.387 e. The number of nitrogens with one attached hydrogen (secondary N) is 1. The maximum absolute atomic E-state index is 12.5. The zero-order valence-corrected chi connectivity index (χ0v) is 15.5. The second-order valence-electron chi connectivity index (χ2n) is 5.88. The number of rotatable bonds is 8. The van der Waals surface area contributed by atoms with Gasteiger partial charge in [-0.15, -0.1) is 0 Å². The topological polar surface area (TPSA) is 73.1 Å². The normalized spacial score (nSPS) is 11.4. The van der Waals surface area contributed by atoms with Gasteiger partial charge < -0.3 is 13.9 Å². The number of benzene rings is 2. The summed E-state index contributed by atoms with van der Waals surface area (Å²) in [5.41, 5.74) is 2.97. The van der Waals surface area contributed by atoms with Gasteiger partial charge in [-0.05, 0) is 43.3 Å². The number of nitrogens with zero attached hydrogens (tertiary/aromatic N) is 1. The zero-order chi connectivity index (χ0) is 20.6. The molecule has 0 aliphatic heterocycles. The predicted molar refractivity (Wildman–Crippen MR) is 102 cm³/mol. The van der Waals surface area contributed by atoms with E-state index in [0.29, 0.717) is 22.8 Å². The van der Waals surface area contributed by atoms with Crippen LogP contribution in [-0.2, 0) is 6.61 Å². The summed E-state index contributed by atoms with van der Waals surface area (Å²) < 4.78 is 40.5. The fourth-order valence-corrected chi connectivity index (χ4v) is 2.46. The molecule has 1 N–H and O–H groups in total. The number of furan rings is 1. The van der Waals surface area contributed by atoms with Crippen molar-refractivity contribution in [2.24, 2.45) is 5.10 Å². The molecule has 0 spiro atoms. The minimum absolute atomic E-state index is 0.0312. The van der Waals surface area contributed by atoms with Crippen LogP contribution in [0.1, 0.15) is 28.8 Å². The summed E-state index contributed by atoms with van der Waals surface area (Å²) in [5.74, 6) is 0.583. The average molecular weight is 400 g/mol. The number of carbonyl (C=O) groups excluding carboxylic acids is 1. The minimum Gasteiger partial charge on any atom is -0.486 e. The van der Waals surface area contributed by atoms with Gasteiger partial charge in [0, 0.05) is 5.56 Å². The first kappa shape index (κ1) is 20.1. The van der Waals surface area contributed by atoms with Crippen LogP contribution in [0.5, 0.6) is 11.5 Å². The monoisotopic (exact) mass is 400 g/mol. The van der Waals surface area contributed by atoms with Gasteiger partial charge in [-0.25, -0.2) is 5.43 Å². The third kappa shape index (κ3) is 5.65. The van der Waals surface area contributed by atoms with E-state index in [1.807, 2.05) is 30.3 Å². The number of hydrazone groups is 1. The molecule has 0 atom stereocenters. The van der Waals surface area contributed by atoms with E-state index in [4.69, 9.17) is 9.15 Å². The van der Waals surface area contributed by atoms with E-state index in [1.165, 1.54) is 12.1 Å². The van der Waals surface area contributed by atoms with E-state index in [0.717, 1.165) is 0 Å². The molecule has 0 saturated heterocycles. The molecule has 0 fully saturated rings. The van der Waals surface area contributed by atoms with Gasteiger partial charge in [-0.1, -0.05) is 30.3 Å². The van der Waals surface area contributed by atoms with E-state index < -0.39 is 12.5 Å². The summed E-state index contributed by atoms with van der Waals surface area (Å²) in [6.45, 7) is -1.23. The van der Waals surface area contributed by atoms with E-state index in [1.54, 1.807) is 31.2 Å². The Morgan fingerprint density at radius 1 is 1.07 bits per heavy atom. The Balaban J connectivity index is 1.61. The molecule has 150 valence electrons. The summed E-state index contributed by atoms with van der Waals surface area (Å²) in [6.07, 6.45) is 0. The van der Waals surface area contributed by atoms with Crippen LogP contribution >= 0.6 is 0 Å². The molecular formula is C21H18F2N2O4. The molecule has 0 aliphatic carbocycles. The fraction of sp³-hybridized carbons (Fsp3) is 0.143. The number of hydrogen-bond acceptors (Lipinski definition) is 5. The quantitative estimate of drug-likeness (QED) is 0.443. The molecule has 0 radical (unpaired) electrons. The number of alkyl halides is 2. The van der Waals surface area contributed by atoms with Crippen molar-refractivity contribution in [3.8, 4) is 11.5 Å². The molecule has 2 aromatic carbocycles. The Labute approximate surface area is 165 Å². The Hall–Kier alpha value is -3.68. The van der Waals surface area contributed by atoms with Crippen molar-refractivity contribution >= 4 is 11.6 Å². The van der Waals surface area contributed by atoms with Crippen LogP contribution in [0.3, 0.4) is 0 Å². The van der Waals surface area contributed by atoms with Crippen LogP contribution in [0, 0.1) is 0 Å². The van der Waals surface area contributed by atoms with Crippen molar-refractivity contribution in [1.82, 2.24) is 5.43 Å². The Morgan fingerprint density at radius 2 is 1.79 bits per heavy atom.